The average molecular weight is 260 g/mol. The summed E-state index contributed by atoms with van der Waals surface area (Å²) < 4.78 is 44.9. The molecule has 2 nitrogen and oxygen atoms in total. The molecule has 0 spiro atoms. The standard InChI is InChI=1S/C13H15F3O2/c1-2-18-13(7-3-4-7)12(17)8-5-6-9(14)11(16)10(8)15/h5-7,12-13,17H,2-4H2,1H3. The summed E-state index contributed by atoms with van der Waals surface area (Å²) in [5, 5.41) is 10.1. The predicted octanol–water partition coefficient (Wildman–Crippen LogP) is 2.95. The Morgan fingerprint density at radius 2 is 1.94 bits per heavy atom. The van der Waals surface area contributed by atoms with E-state index < -0.39 is 29.7 Å². The molecule has 1 aliphatic carbocycles. The maximum Gasteiger partial charge on any atom is 0.194 e. The van der Waals surface area contributed by atoms with Crippen molar-refractivity contribution in [2.75, 3.05) is 6.61 Å². The van der Waals surface area contributed by atoms with Gasteiger partial charge in [-0.3, -0.25) is 0 Å². The van der Waals surface area contributed by atoms with Crippen LogP contribution < -0.4 is 0 Å². The lowest BCUT2D eigenvalue weighted by molar-refractivity contribution is -0.0477. The lowest BCUT2D eigenvalue weighted by atomic mass is 10.00. The molecule has 1 aromatic rings. The molecule has 1 N–H and O–H groups in total. The van der Waals surface area contributed by atoms with Crippen molar-refractivity contribution in [1.82, 2.24) is 0 Å². The van der Waals surface area contributed by atoms with E-state index in [0.29, 0.717) is 6.61 Å². The van der Waals surface area contributed by atoms with Gasteiger partial charge >= 0.3 is 0 Å². The van der Waals surface area contributed by atoms with Gasteiger partial charge < -0.3 is 9.84 Å². The van der Waals surface area contributed by atoms with E-state index in [1.807, 2.05) is 0 Å². The SMILES string of the molecule is CCOC(C1CC1)C(O)c1ccc(F)c(F)c1F. The second-order valence-corrected chi connectivity index (χ2v) is 4.47. The van der Waals surface area contributed by atoms with Crippen LogP contribution in [-0.2, 0) is 4.74 Å². The fraction of sp³-hybridized carbons (Fsp3) is 0.538. The normalized spacial score (nSPS) is 18.7. The quantitative estimate of drug-likeness (QED) is 0.825. The lowest BCUT2D eigenvalue weighted by Crippen LogP contribution is -2.25. The van der Waals surface area contributed by atoms with Crippen LogP contribution in [0.3, 0.4) is 0 Å². The minimum absolute atomic E-state index is 0.160. The van der Waals surface area contributed by atoms with Crippen molar-refractivity contribution >= 4 is 0 Å². The number of halogens is 3. The first-order valence-electron chi connectivity index (χ1n) is 5.99. The lowest BCUT2D eigenvalue weighted by Gasteiger charge is -2.23. The first kappa shape index (κ1) is 13.4. The molecule has 2 rings (SSSR count). The van der Waals surface area contributed by atoms with E-state index in [2.05, 4.69) is 0 Å². The monoisotopic (exact) mass is 260 g/mol. The highest BCUT2D eigenvalue weighted by Gasteiger charge is 2.38. The van der Waals surface area contributed by atoms with Gasteiger partial charge in [-0.25, -0.2) is 13.2 Å². The molecule has 0 aliphatic heterocycles. The number of aliphatic hydroxyl groups is 1. The maximum absolute atomic E-state index is 13.6. The predicted molar refractivity (Wildman–Crippen MR) is 59.4 cm³/mol. The number of hydrogen-bond donors (Lipinski definition) is 1. The Hall–Kier alpha value is -1.07. The number of rotatable bonds is 5. The zero-order valence-electron chi connectivity index (χ0n) is 10.00. The molecule has 0 saturated heterocycles. The van der Waals surface area contributed by atoms with Gasteiger partial charge in [0.2, 0.25) is 0 Å². The van der Waals surface area contributed by atoms with Crippen molar-refractivity contribution < 1.29 is 23.0 Å². The molecule has 5 heteroatoms. The molecule has 0 bridgehead atoms. The van der Waals surface area contributed by atoms with Crippen LogP contribution in [0.5, 0.6) is 0 Å². The Bertz CT molecular complexity index is 432. The second-order valence-electron chi connectivity index (χ2n) is 4.47. The summed E-state index contributed by atoms with van der Waals surface area (Å²) in [6.45, 7) is 2.15. The topological polar surface area (TPSA) is 29.5 Å². The van der Waals surface area contributed by atoms with Crippen molar-refractivity contribution in [2.24, 2.45) is 5.92 Å². The molecule has 0 aromatic heterocycles. The Morgan fingerprint density at radius 1 is 1.28 bits per heavy atom. The molecule has 1 saturated carbocycles. The molecular weight excluding hydrogens is 245 g/mol. The van der Waals surface area contributed by atoms with Gasteiger partial charge in [0.05, 0.1) is 6.10 Å². The van der Waals surface area contributed by atoms with Gasteiger partial charge in [-0.05, 0) is 31.7 Å². The first-order chi connectivity index (χ1) is 8.56. The molecule has 0 radical (unpaired) electrons. The number of benzene rings is 1. The number of aliphatic hydroxyl groups excluding tert-OH is 1. The number of hydrogen-bond acceptors (Lipinski definition) is 2. The van der Waals surface area contributed by atoms with Crippen molar-refractivity contribution in [2.45, 2.75) is 32.0 Å². The molecule has 2 atom stereocenters. The van der Waals surface area contributed by atoms with E-state index in [9.17, 15) is 18.3 Å². The summed E-state index contributed by atoms with van der Waals surface area (Å²) in [6.07, 6.45) is -0.0399. The molecular formula is C13H15F3O2. The van der Waals surface area contributed by atoms with E-state index in [-0.39, 0.29) is 11.5 Å². The third-order valence-electron chi connectivity index (χ3n) is 3.14. The molecule has 100 valence electrons. The molecule has 0 amide bonds. The molecule has 1 aromatic carbocycles. The first-order valence-corrected chi connectivity index (χ1v) is 5.99. The summed E-state index contributed by atoms with van der Waals surface area (Å²) in [7, 11) is 0. The van der Waals surface area contributed by atoms with Crippen LogP contribution in [0.1, 0.15) is 31.4 Å². The van der Waals surface area contributed by atoms with Crippen molar-refractivity contribution in [3.8, 4) is 0 Å². The van der Waals surface area contributed by atoms with Crippen molar-refractivity contribution in [1.29, 1.82) is 0 Å². The number of ether oxygens (including phenoxy) is 1. The van der Waals surface area contributed by atoms with Gasteiger partial charge in [0, 0.05) is 12.2 Å². The van der Waals surface area contributed by atoms with E-state index in [4.69, 9.17) is 4.74 Å². The van der Waals surface area contributed by atoms with Crippen LogP contribution in [-0.4, -0.2) is 17.8 Å². The van der Waals surface area contributed by atoms with Crippen LogP contribution in [0.25, 0.3) is 0 Å². The van der Waals surface area contributed by atoms with E-state index in [0.717, 1.165) is 25.0 Å². The van der Waals surface area contributed by atoms with E-state index >= 15 is 0 Å². The molecule has 1 fully saturated rings. The van der Waals surface area contributed by atoms with Crippen LogP contribution in [0.4, 0.5) is 13.2 Å². The Morgan fingerprint density at radius 3 is 2.50 bits per heavy atom. The Balaban J connectivity index is 2.26. The summed E-state index contributed by atoms with van der Waals surface area (Å²) in [5.41, 5.74) is -0.251. The van der Waals surface area contributed by atoms with Gasteiger partial charge in [-0.1, -0.05) is 6.07 Å². The van der Waals surface area contributed by atoms with Gasteiger partial charge in [0.15, 0.2) is 17.5 Å². The summed E-state index contributed by atoms with van der Waals surface area (Å²) in [5.74, 6) is -4.00. The van der Waals surface area contributed by atoms with Crippen molar-refractivity contribution in [3.63, 3.8) is 0 Å². The summed E-state index contributed by atoms with van der Waals surface area (Å²) in [4.78, 5) is 0. The van der Waals surface area contributed by atoms with E-state index in [1.165, 1.54) is 0 Å². The smallest absolute Gasteiger partial charge is 0.194 e. The minimum Gasteiger partial charge on any atom is -0.386 e. The van der Waals surface area contributed by atoms with Gasteiger partial charge in [-0.2, -0.15) is 0 Å². The average Bonchev–Trinajstić information content (AvgIpc) is 3.17. The van der Waals surface area contributed by atoms with Crippen molar-refractivity contribution in [3.05, 3.63) is 35.1 Å². The highest BCUT2D eigenvalue weighted by Crippen LogP contribution is 2.40. The Labute approximate surface area is 103 Å². The zero-order valence-corrected chi connectivity index (χ0v) is 10.00. The fourth-order valence-electron chi connectivity index (χ4n) is 2.05. The largest absolute Gasteiger partial charge is 0.386 e. The second kappa shape index (κ2) is 5.28. The van der Waals surface area contributed by atoms with Gasteiger partial charge in [0.25, 0.3) is 0 Å². The van der Waals surface area contributed by atoms with E-state index in [1.54, 1.807) is 6.92 Å². The summed E-state index contributed by atoms with van der Waals surface area (Å²) >= 11 is 0. The van der Waals surface area contributed by atoms with Gasteiger partial charge in [-0.15, -0.1) is 0 Å². The highest BCUT2D eigenvalue weighted by molar-refractivity contribution is 5.24. The Kier molecular flexibility index (Phi) is 3.92. The van der Waals surface area contributed by atoms with Gasteiger partial charge in [0.1, 0.15) is 6.10 Å². The molecule has 0 heterocycles. The summed E-state index contributed by atoms with van der Waals surface area (Å²) in [6, 6.07) is 1.87. The maximum atomic E-state index is 13.6. The van der Waals surface area contributed by atoms with Crippen LogP contribution in [0, 0.1) is 23.4 Å². The van der Waals surface area contributed by atoms with Crippen LogP contribution >= 0.6 is 0 Å². The molecule has 1 aliphatic rings. The minimum atomic E-state index is -1.56. The zero-order chi connectivity index (χ0) is 13.3. The molecule has 2 unspecified atom stereocenters. The highest BCUT2D eigenvalue weighted by atomic mass is 19.2. The van der Waals surface area contributed by atoms with Crippen LogP contribution in [0.2, 0.25) is 0 Å². The fourth-order valence-corrected chi connectivity index (χ4v) is 2.05. The molecule has 18 heavy (non-hydrogen) atoms. The van der Waals surface area contributed by atoms with Crippen LogP contribution in [0.15, 0.2) is 12.1 Å². The third kappa shape index (κ3) is 2.52. The third-order valence-corrected chi connectivity index (χ3v) is 3.14.